The number of amides is 1. The minimum atomic E-state index is -0.238. The SMILES string of the molecule is O=C([C@@H]1CCCOC1)N1CCN[C@@H](c2cccc(F)c2)C1. The normalized spacial score (nSPS) is 26.6. The van der Waals surface area contributed by atoms with Crippen LogP contribution in [0.2, 0.25) is 0 Å². The Labute approximate surface area is 124 Å². The van der Waals surface area contributed by atoms with Crippen LogP contribution in [0.3, 0.4) is 0 Å². The summed E-state index contributed by atoms with van der Waals surface area (Å²) in [5.41, 5.74) is 0.896. The number of carbonyl (C=O) groups excluding carboxylic acids is 1. The molecule has 0 spiro atoms. The van der Waals surface area contributed by atoms with Crippen LogP contribution in [0.1, 0.15) is 24.4 Å². The summed E-state index contributed by atoms with van der Waals surface area (Å²) in [5, 5.41) is 3.36. The first-order chi connectivity index (χ1) is 10.2. The highest BCUT2D eigenvalue weighted by molar-refractivity contribution is 5.79. The number of rotatable bonds is 2. The molecule has 5 heteroatoms. The molecule has 0 bridgehead atoms. The standard InChI is InChI=1S/C16H21FN2O2/c17-14-5-1-3-12(9-14)15-10-19(7-6-18-15)16(20)13-4-2-8-21-11-13/h1,3,5,9,13,15,18H,2,4,6-8,10-11H2/t13-,15-/m1/s1. The average Bonchev–Trinajstić information content (AvgIpc) is 2.55. The number of hydrogen-bond acceptors (Lipinski definition) is 3. The van der Waals surface area contributed by atoms with Gasteiger partial charge in [-0.1, -0.05) is 12.1 Å². The molecule has 0 unspecified atom stereocenters. The number of halogens is 1. The lowest BCUT2D eigenvalue weighted by Gasteiger charge is -2.36. The second-order valence-corrected chi connectivity index (χ2v) is 5.76. The zero-order valence-electron chi connectivity index (χ0n) is 12.1. The Morgan fingerprint density at radius 2 is 2.33 bits per heavy atom. The van der Waals surface area contributed by atoms with Crippen LogP contribution in [-0.2, 0) is 9.53 Å². The second kappa shape index (κ2) is 6.54. The molecule has 0 radical (unpaired) electrons. The molecule has 1 aromatic rings. The van der Waals surface area contributed by atoms with Gasteiger partial charge in [-0.05, 0) is 30.5 Å². The van der Waals surface area contributed by atoms with Gasteiger partial charge in [-0.25, -0.2) is 4.39 Å². The van der Waals surface area contributed by atoms with Gasteiger partial charge in [0.1, 0.15) is 5.82 Å². The van der Waals surface area contributed by atoms with Gasteiger partial charge >= 0.3 is 0 Å². The molecule has 2 saturated heterocycles. The lowest BCUT2D eigenvalue weighted by Crippen LogP contribution is -2.51. The Bertz CT molecular complexity index is 503. The number of nitrogens with one attached hydrogen (secondary N) is 1. The van der Waals surface area contributed by atoms with Crippen molar-refractivity contribution >= 4 is 5.91 Å². The number of hydrogen-bond donors (Lipinski definition) is 1. The van der Waals surface area contributed by atoms with E-state index in [0.29, 0.717) is 19.7 Å². The van der Waals surface area contributed by atoms with Gasteiger partial charge in [-0.2, -0.15) is 0 Å². The molecule has 2 aliphatic rings. The van der Waals surface area contributed by atoms with Crippen molar-refractivity contribution in [2.45, 2.75) is 18.9 Å². The van der Waals surface area contributed by atoms with Crippen LogP contribution in [-0.4, -0.2) is 43.7 Å². The Morgan fingerprint density at radius 1 is 1.43 bits per heavy atom. The summed E-state index contributed by atoms with van der Waals surface area (Å²) < 4.78 is 18.8. The van der Waals surface area contributed by atoms with Gasteiger partial charge in [-0.3, -0.25) is 4.79 Å². The monoisotopic (exact) mass is 292 g/mol. The van der Waals surface area contributed by atoms with Gasteiger partial charge in [-0.15, -0.1) is 0 Å². The first-order valence-electron chi connectivity index (χ1n) is 7.59. The average molecular weight is 292 g/mol. The number of carbonyl (C=O) groups is 1. The number of benzene rings is 1. The lowest BCUT2D eigenvalue weighted by molar-refractivity contribution is -0.141. The summed E-state index contributed by atoms with van der Waals surface area (Å²) in [6, 6.07) is 6.59. The van der Waals surface area contributed by atoms with E-state index in [1.165, 1.54) is 12.1 Å². The van der Waals surface area contributed by atoms with Crippen molar-refractivity contribution in [1.29, 1.82) is 0 Å². The van der Waals surface area contributed by atoms with E-state index >= 15 is 0 Å². The van der Waals surface area contributed by atoms with Gasteiger partial charge in [0, 0.05) is 26.2 Å². The smallest absolute Gasteiger partial charge is 0.228 e. The molecule has 2 aliphatic heterocycles. The van der Waals surface area contributed by atoms with Crippen molar-refractivity contribution in [2.24, 2.45) is 5.92 Å². The lowest BCUT2D eigenvalue weighted by atomic mass is 9.98. The number of nitrogens with zero attached hydrogens (tertiary/aromatic N) is 1. The van der Waals surface area contributed by atoms with E-state index < -0.39 is 0 Å². The third kappa shape index (κ3) is 3.41. The van der Waals surface area contributed by atoms with E-state index in [-0.39, 0.29) is 23.7 Å². The van der Waals surface area contributed by atoms with E-state index in [4.69, 9.17) is 4.74 Å². The van der Waals surface area contributed by atoms with Gasteiger partial charge in [0.2, 0.25) is 5.91 Å². The van der Waals surface area contributed by atoms with Crippen LogP contribution in [0.25, 0.3) is 0 Å². The molecule has 0 saturated carbocycles. The first-order valence-corrected chi connectivity index (χ1v) is 7.59. The molecule has 2 heterocycles. The molecule has 3 rings (SSSR count). The Morgan fingerprint density at radius 3 is 3.10 bits per heavy atom. The molecule has 2 fully saturated rings. The Balaban J connectivity index is 1.66. The van der Waals surface area contributed by atoms with Gasteiger partial charge in [0.25, 0.3) is 0 Å². The fourth-order valence-electron chi connectivity index (χ4n) is 3.09. The molecular weight excluding hydrogens is 271 g/mol. The molecule has 1 N–H and O–H groups in total. The number of piperazine rings is 1. The minimum absolute atomic E-state index is 0.00269. The summed E-state index contributed by atoms with van der Waals surface area (Å²) in [5.74, 6) is -0.0685. The predicted molar refractivity (Wildman–Crippen MR) is 77.3 cm³/mol. The summed E-state index contributed by atoms with van der Waals surface area (Å²) >= 11 is 0. The van der Waals surface area contributed by atoms with Crippen molar-refractivity contribution in [3.05, 3.63) is 35.6 Å². The summed E-state index contributed by atoms with van der Waals surface area (Å²) in [6.07, 6.45) is 1.86. The van der Waals surface area contributed by atoms with E-state index in [1.807, 2.05) is 11.0 Å². The highest BCUT2D eigenvalue weighted by Crippen LogP contribution is 2.22. The number of ether oxygens (including phenoxy) is 1. The largest absolute Gasteiger partial charge is 0.381 e. The molecule has 114 valence electrons. The molecule has 4 nitrogen and oxygen atoms in total. The van der Waals surface area contributed by atoms with Crippen molar-refractivity contribution < 1.29 is 13.9 Å². The fourth-order valence-corrected chi connectivity index (χ4v) is 3.09. The third-order valence-electron chi connectivity index (χ3n) is 4.25. The van der Waals surface area contributed by atoms with Gasteiger partial charge in [0.15, 0.2) is 0 Å². The summed E-state index contributed by atoms with van der Waals surface area (Å²) in [6.45, 7) is 3.34. The fraction of sp³-hybridized carbons (Fsp3) is 0.562. The van der Waals surface area contributed by atoms with Crippen LogP contribution in [0.15, 0.2) is 24.3 Å². The van der Waals surface area contributed by atoms with Crippen LogP contribution >= 0.6 is 0 Å². The molecule has 1 amide bonds. The van der Waals surface area contributed by atoms with Crippen molar-refractivity contribution in [1.82, 2.24) is 10.2 Å². The van der Waals surface area contributed by atoms with Crippen molar-refractivity contribution in [3.8, 4) is 0 Å². The predicted octanol–water partition coefficient (Wildman–Crippen LogP) is 1.73. The van der Waals surface area contributed by atoms with E-state index in [2.05, 4.69) is 5.32 Å². The quantitative estimate of drug-likeness (QED) is 0.902. The van der Waals surface area contributed by atoms with Crippen LogP contribution in [0, 0.1) is 11.7 Å². The highest BCUT2D eigenvalue weighted by Gasteiger charge is 2.30. The van der Waals surface area contributed by atoms with Crippen LogP contribution in [0.4, 0.5) is 4.39 Å². The Hall–Kier alpha value is -1.46. The molecular formula is C16H21FN2O2. The van der Waals surface area contributed by atoms with Gasteiger partial charge in [0.05, 0.1) is 18.6 Å². The maximum Gasteiger partial charge on any atom is 0.228 e. The zero-order valence-corrected chi connectivity index (χ0v) is 12.1. The maximum atomic E-state index is 13.3. The van der Waals surface area contributed by atoms with E-state index in [9.17, 15) is 9.18 Å². The van der Waals surface area contributed by atoms with Gasteiger partial charge < -0.3 is 15.0 Å². The van der Waals surface area contributed by atoms with E-state index in [1.54, 1.807) is 6.07 Å². The summed E-state index contributed by atoms with van der Waals surface area (Å²) in [7, 11) is 0. The summed E-state index contributed by atoms with van der Waals surface area (Å²) in [4.78, 5) is 14.4. The molecule has 0 aromatic heterocycles. The molecule has 2 atom stereocenters. The van der Waals surface area contributed by atoms with Crippen LogP contribution < -0.4 is 5.32 Å². The minimum Gasteiger partial charge on any atom is -0.381 e. The van der Waals surface area contributed by atoms with E-state index in [0.717, 1.165) is 31.6 Å². The maximum absolute atomic E-state index is 13.3. The Kier molecular flexibility index (Phi) is 4.51. The second-order valence-electron chi connectivity index (χ2n) is 5.76. The zero-order chi connectivity index (χ0) is 14.7. The highest BCUT2D eigenvalue weighted by atomic mass is 19.1. The third-order valence-corrected chi connectivity index (χ3v) is 4.25. The van der Waals surface area contributed by atoms with Crippen LogP contribution in [0.5, 0.6) is 0 Å². The topological polar surface area (TPSA) is 41.6 Å². The molecule has 1 aromatic carbocycles. The first kappa shape index (κ1) is 14.5. The van der Waals surface area contributed by atoms with Crippen molar-refractivity contribution in [3.63, 3.8) is 0 Å². The molecule has 21 heavy (non-hydrogen) atoms. The van der Waals surface area contributed by atoms with Crippen molar-refractivity contribution in [2.75, 3.05) is 32.8 Å². The molecule has 0 aliphatic carbocycles.